The van der Waals surface area contributed by atoms with Crippen molar-refractivity contribution >= 4 is 27.5 Å². The summed E-state index contributed by atoms with van der Waals surface area (Å²) in [4.78, 5) is 14.4. The third-order valence-corrected chi connectivity index (χ3v) is 7.18. The maximum Gasteiger partial charge on any atom is 0.240 e. The van der Waals surface area contributed by atoms with E-state index in [2.05, 4.69) is 4.72 Å². The van der Waals surface area contributed by atoms with Crippen molar-refractivity contribution in [3.8, 4) is 0 Å². The number of rotatable bonds is 8. The number of sulfonamides is 1. The predicted octanol–water partition coefficient (Wildman–Crippen LogP) is 0.135. The Morgan fingerprint density at radius 3 is 2.60 bits per heavy atom. The van der Waals surface area contributed by atoms with Gasteiger partial charge in [0.1, 0.15) is 18.3 Å². The fourth-order valence-electron chi connectivity index (χ4n) is 3.87. The average Bonchev–Trinajstić information content (AvgIpc) is 3.27. The van der Waals surface area contributed by atoms with Crippen LogP contribution in [0.3, 0.4) is 0 Å². The minimum Gasteiger partial charge on any atom is -0.388 e. The zero-order chi connectivity index (χ0) is 21.9. The van der Waals surface area contributed by atoms with Crippen molar-refractivity contribution in [1.29, 1.82) is 0 Å². The first-order chi connectivity index (χ1) is 14.2. The van der Waals surface area contributed by atoms with Gasteiger partial charge in [-0.3, -0.25) is 4.79 Å². The van der Waals surface area contributed by atoms with Gasteiger partial charge in [0.25, 0.3) is 0 Å². The molecule has 0 unspecified atom stereocenters. The minimum atomic E-state index is -3.84. The highest BCUT2D eigenvalue weighted by Crippen LogP contribution is 2.26. The molecule has 0 bridgehead atoms. The van der Waals surface area contributed by atoms with Gasteiger partial charge >= 0.3 is 0 Å². The van der Waals surface area contributed by atoms with Crippen LogP contribution < -0.4 is 4.72 Å². The van der Waals surface area contributed by atoms with Crippen LogP contribution in [0.25, 0.3) is 0 Å². The molecule has 0 radical (unpaired) electrons. The van der Waals surface area contributed by atoms with Crippen LogP contribution in [0.5, 0.6) is 0 Å². The van der Waals surface area contributed by atoms with Gasteiger partial charge in [0, 0.05) is 25.2 Å². The Morgan fingerprint density at radius 2 is 1.93 bits per heavy atom. The van der Waals surface area contributed by atoms with Gasteiger partial charge < -0.3 is 24.6 Å². The van der Waals surface area contributed by atoms with Crippen LogP contribution in [-0.2, 0) is 24.3 Å². The van der Waals surface area contributed by atoms with Crippen molar-refractivity contribution in [1.82, 2.24) is 9.62 Å². The van der Waals surface area contributed by atoms with Gasteiger partial charge in [-0.05, 0) is 37.1 Å². The Kier molecular flexibility index (Phi) is 7.72. The van der Waals surface area contributed by atoms with Gasteiger partial charge in [-0.1, -0.05) is 11.6 Å². The summed E-state index contributed by atoms with van der Waals surface area (Å²) in [6.45, 7) is 0.810. The Morgan fingerprint density at radius 1 is 1.27 bits per heavy atom. The number of benzene rings is 1. The summed E-state index contributed by atoms with van der Waals surface area (Å²) in [6.07, 6.45) is -2.86. The largest absolute Gasteiger partial charge is 0.388 e. The second-order valence-electron chi connectivity index (χ2n) is 7.54. The van der Waals surface area contributed by atoms with E-state index in [0.29, 0.717) is 18.2 Å². The second kappa shape index (κ2) is 9.90. The number of hydrogen-bond donors (Lipinski definition) is 3. The SMILES string of the molecule is COC[C@H]1CCCN1C(=O)C[C@@H]1O[C@H](CNS(=O)(=O)c2ccc(Cl)cc2)[C@@H](O)[C@H]1O. The number of hydrogen-bond acceptors (Lipinski definition) is 7. The summed E-state index contributed by atoms with van der Waals surface area (Å²) in [5, 5.41) is 21.0. The molecule has 5 atom stereocenters. The number of methoxy groups -OCH3 is 1. The second-order valence-corrected chi connectivity index (χ2v) is 9.75. The van der Waals surface area contributed by atoms with Crippen LogP contribution in [0, 0.1) is 0 Å². The highest BCUT2D eigenvalue weighted by Gasteiger charge is 2.44. The number of carbonyl (C=O) groups excluding carboxylic acids is 1. The van der Waals surface area contributed by atoms with Crippen molar-refractivity contribution in [2.24, 2.45) is 0 Å². The first kappa shape index (κ1) is 23.4. The van der Waals surface area contributed by atoms with Gasteiger partial charge in [0.05, 0.1) is 30.1 Å². The van der Waals surface area contributed by atoms with Gasteiger partial charge in [0.2, 0.25) is 15.9 Å². The molecule has 0 spiro atoms. The molecule has 0 saturated carbocycles. The van der Waals surface area contributed by atoms with Gasteiger partial charge in [0.15, 0.2) is 0 Å². The quantitative estimate of drug-likeness (QED) is 0.501. The van der Waals surface area contributed by atoms with E-state index in [1.807, 2.05) is 0 Å². The normalized spacial score (nSPS) is 29.5. The van der Waals surface area contributed by atoms with Crippen LogP contribution in [-0.4, -0.2) is 86.7 Å². The molecule has 1 aromatic rings. The molecule has 2 fully saturated rings. The summed E-state index contributed by atoms with van der Waals surface area (Å²) in [6, 6.07) is 5.63. The van der Waals surface area contributed by atoms with E-state index in [1.54, 1.807) is 12.0 Å². The Hall–Kier alpha value is -1.27. The molecular weight excluding hydrogens is 436 g/mol. The van der Waals surface area contributed by atoms with Crippen LogP contribution in [0.15, 0.2) is 29.2 Å². The molecule has 3 N–H and O–H groups in total. The predicted molar refractivity (Wildman–Crippen MR) is 109 cm³/mol. The molecule has 11 heteroatoms. The van der Waals surface area contributed by atoms with Crippen molar-refractivity contribution in [2.75, 3.05) is 26.8 Å². The first-order valence-corrected chi connectivity index (χ1v) is 11.6. The highest BCUT2D eigenvalue weighted by atomic mass is 35.5. The van der Waals surface area contributed by atoms with E-state index in [9.17, 15) is 23.4 Å². The number of aliphatic hydroxyl groups is 2. The van der Waals surface area contributed by atoms with E-state index in [0.717, 1.165) is 12.8 Å². The number of nitrogens with zero attached hydrogens (tertiary/aromatic N) is 1. The number of carbonyl (C=O) groups is 1. The Balaban J connectivity index is 1.57. The van der Waals surface area contributed by atoms with Crippen LogP contribution in [0.1, 0.15) is 19.3 Å². The number of amides is 1. The average molecular weight is 463 g/mol. The summed E-state index contributed by atoms with van der Waals surface area (Å²) in [5.41, 5.74) is 0. The fourth-order valence-corrected chi connectivity index (χ4v) is 5.04. The topological polar surface area (TPSA) is 125 Å². The number of likely N-dealkylation sites (tertiary alicyclic amines) is 1. The third kappa shape index (κ3) is 5.31. The Bertz CT molecular complexity index is 836. The molecule has 3 rings (SSSR count). The lowest BCUT2D eigenvalue weighted by Gasteiger charge is -2.26. The van der Waals surface area contributed by atoms with Crippen molar-refractivity contribution in [3.63, 3.8) is 0 Å². The lowest BCUT2D eigenvalue weighted by atomic mass is 10.0. The number of halogens is 1. The molecule has 0 aromatic heterocycles. The van der Waals surface area contributed by atoms with E-state index in [1.165, 1.54) is 24.3 Å². The van der Waals surface area contributed by atoms with Crippen molar-refractivity contribution < 1.29 is 32.9 Å². The van der Waals surface area contributed by atoms with E-state index >= 15 is 0 Å². The molecule has 1 aromatic carbocycles. The smallest absolute Gasteiger partial charge is 0.240 e. The molecular formula is C19H27ClN2O7S. The lowest BCUT2D eigenvalue weighted by molar-refractivity contribution is -0.137. The van der Waals surface area contributed by atoms with Crippen LogP contribution >= 0.6 is 11.6 Å². The summed E-state index contributed by atoms with van der Waals surface area (Å²) >= 11 is 5.77. The molecule has 2 saturated heterocycles. The fraction of sp³-hybridized carbons (Fsp3) is 0.632. The van der Waals surface area contributed by atoms with E-state index in [-0.39, 0.29) is 29.8 Å². The molecule has 2 heterocycles. The maximum atomic E-state index is 12.7. The van der Waals surface area contributed by atoms with Crippen LogP contribution in [0.4, 0.5) is 0 Å². The van der Waals surface area contributed by atoms with E-state index in [4.69, 9.17) is 21.1 Å². The third-order valence-electron chi connectivity index (χ3n) is 5.49. The molecule has 9 nitrogen and oxygen atoms in total. The van der Waals surface area contributed by atoms with Crippen molar-refractivity contribution in [3.05, 3.63) is 29.3 Å². The molecule has 30 heavy (non-hydrogen) atoms. The molecule has 0 aliphatic carbocycles. The monoisotopic (exact) mass is 462 g/mol. The minimum absolute atomic E-state index is 0.00653. The summed E-state index contributed by atoms with van der Waals surface area (Å²) in [7, 11) is -2.26. The number of nitrogens with one attached hydrogen (secondary N) is 1. The highest BCUT2D eigenvalue weighted by molar-refractivity contribution is 7.89. The number of aliphatic hydroxyl groups excluding tert-OH is 2. The standard InChI is InChI=1S/C19H27ClN2O7S/c1-28-11-13-3-2-8-22(13)17(23)9-15-18(24)19(25)16(29-15)10-21-30(26,27)14-6-4-12(20)5-7-14/h4-7,13,15-16,18-19,21,24-25H,2-3,8-11H2,1H3/t13-,15+,16-,18+,19-/m1/s1. The molecule has 1 amide bonds. The summed E-state index contributed by atoms with van der Waals surface area (Å²) < 4.78 is 37.9. The van der Waals surface area contributed by atoms with E-state index < -0.39 is 34.4 Å². The van der Waals surface area contributed by atoms with Crippen LogP contribution in [0.2, 0.25) is 5.02 Å². The molecule has 168 valence electrons. The lowest BCUT2D eigenvalue weighted by Crippen LogP contribution is -2.42. The zero-order valence-corrected chi connectivity index (χ0v) is 18.2. The zero-order valence-electron chi connectivity index (χ0n) is 16.6. The van der Waals surface area contributed by atoms with Gasteiger partial charge in [-0.15, -0.1) is 0 Å². The van der Waals surface area contributed by atoms with Gasteiger partial charge in [-0.25, -0.2) is 13.1 Å². The number of ether oxygens (including phenoxy) is 2. The Labute approximate surface area is 181 Å². The van der Waals surface area contributed by atoms with Gasteiger partial charge in [-0.2, -0.15) is 0 Å². The summed E-state index contributed by atoms with van der Waals surface area (Å²) in [5.74, 6) is -0.187. The maximum absolute atomic E-state index is 12.7. The van der Waals surface area contributed by atoms with Crippen molar-refractivity contribution in [2.45, 2.75) is 54.6 Å². The molecule has 2 aliphatic heterocycles. The first-order valence-electron chi connectivity index (χ1n) is 9.78. The molecule has 2 aliphatic rings.